The first-order valence-electron chi connectivity index (χ1n) is 14.7. The van der Waals surface area contributed by atoms with Crippen LogP contribution in [0, 0.1) is 5.92 Å². The fourth-order valence-corrected chi connectivity index (χ4v) is 4.54. The van der Waals surface area contributed by atoms with E-state index in [1.165, 1.54) is 0 Å². The predicted molar refractivity (Wildman–Crippen MR) is 155 cm³/mol. The summed E-state index contributed by atoms with van der Waals surface area (Å²) in [6.07, 6.45) is -1.91. The Bertz CT molecular complexity index is 860. The normalized spacial score (nSPS) is 18.3. The van der Waals surface area contributed by atoms with Crippen LogP contribution in [0.2, 0.25) is 0 Å². The molecule has 0 saturated carbocycles. The molecule has 7 N–H and O–H groups in total. The quantitative estimate of drug-likeness (QED) is 0.0878. The topological polar surface area (TPSA) is 224 Å². The Kier molecular flexibility index (Phi) is 18.6. The molecule has 0 radical (unpaired) electrons. The zero-order valence-electron chi connectivity index (χ0n) is 25.3. The van der Waals surface area contributed by atoms with E-state index in [1.807, 2.05) is 13.8 Å². The summed E-state index contributed by atoms with van der Waals surface area (Å²) in [4.78, 5) is 65.5. The first kappa shape index (κ1) is 38.1. The molecule has 16 heteroatoms. The van der Waals surface area contributed by atoms with Crippen LogP contribution in [0.25, 0.3) is 0 Å². The van der Waals surface area contributed by atoms with Crippen LogP contribution in [0.5, 0.6) is 0 Å². The van der Waals surface area contributed by atoms with Crippen molar-refractivity contribution in [2.75, 3.05) is 91.6 Å². The van der Waals surface area contributed by atoms with E-state index in [9.17, 15) is 49.5 Å². The Balaban J connectivity index is 2.69. The van der Waals surface area contributed by atoms with Crippen molar-refractivity contribution in [2.45, 2.75) is 45.3 Å². The summed E-state index contributed by atoms with van der Waals surface area (Å²) in [6.45, 7) is 6.06. The van der Waals surface area contributed by atoms with Crippen LogP contribution in [0.1, 0.15) is 33.1 Å². The van der Waals surface area contributed by atoms with Gasteiger partial charge in [-0.05, 0) is 18.8 Å². The second-order valence-electron chi connectivity index (χ2n) is 11.4. The highest BCUT2D eigenvalue weighted by Gasteiger charge is 2.21. The molecule has 16 nitrogen and oxygen atoms in total. The molecular formula is C27H50N6O10. The van der Waals surface area contributed by atoms with Gasteiger partial charge in [-0.2, -0.15) is 0 Å². The molecule has 1 aliphatic heterocycles. The van der Waals surface area contributed by atoms with Gasteiger partial charge in [0.25, 0.3) is 0 Å². The van der Waals surface area contributed by atoms with Crippen LogP contribution in [0.4, 0.5) is 0 Å². The molecule has 1 saturated heterocycles. The minimum atomic E-state index is -1.04. The third-order valence-corrected chi connectivity index (χ3v) is 6.85. The Labute approximate surface area is 252 Å². The van der Waals surface area contributed by atoms with E-state index in [-0.39, 0.29) is 95.9 Å². The van der Waals surface area contributed by atoms with Gasteiger partial charge in [-0.1, -0.05) is 13.8 Å². The zero-order chi connectivity index (χ0) is 32.4. The minimum absolute atomic E-state index is 0.0141. The third-order valence-electron chi connectivity index (χ3n) is 6.85. The molecule has 0 aromatic carbocycles. The smallest absolute Gasteiger partial charge is 0.317 e. The number of nitrogens with one attached hydrogen (secondary N) is 2. The van der Waals surface area contributed by atoms with E-state index in [0.717, 1.165) is 0 Å². The number of hydrogen-bond acceptors (Lipinski definition) is 11. The zero-order valence-corrected chi connectivity index (χ0v) is 25.3. The van der Waals surface area contributed by atoms with Crippen molar-refractivity contribution in [1.82, 2.24) is 30.2 Å². The summed E-state index contributed by atoms with van der Waals surface area (Å²) in [6, 6.07) is 0. The summed E-state index contributed by atoms with van der Waals surface area (Å²) < 4.78 is 0. The fourth-order valence-electron chi connectivity index (χ4n) is 4.54. The average Bonchev–Trinajstić information content (AvgIpc) is 2.87. The lowest BCUT2D eigenvalue weighted by molar-refractivity contribution is -0.140. The van der Waals surface area contributed by atoms with Crippen LogP contribution in [-0.2, 0) is 24.0 Å². The molecule has 2 unspecified atom stereocenters. The van der Waals surface area contributed by atoms with Crippen molar-refractivity contribution in [2.24, 2.45) is 5.92 Å². The number of carbonyl (C=O) groups is 5. The van der Waals surface area contributed by atoms with Gasteiger partial charge in [0, 0.05) is 65.4 Å². The van der Waals surface area contributed by atoms with Crippen molar-refractivity contribution < 1.29 is 49.5 Å². The van der Waals surface area contributed by atoms with Crippen LogP contribution in [0.15, 0.2) is 0 Å². The molecular weight excluding hydrogens is 568 g/mol. The van der Waals surface area contributed by atoms with Crippen LogP contribution < -0.4 is 10.6 Å². The standard InChI is InChI=1S/C27H50N6O10/c1-20(2)15-29-23(36)14-22(35)13-21(34)3-4-28-24(37)16-30-5-7-31(17-25(38)39)9-11-33(19-27(42)43)12-10-32(8-6-30)18-26(40)41/h20-22,34-35H,3-19H2,1-2H3,(H,28,37)(H,29,36)(H,38,39)(H,40,41)(H,42,43). The molecule has 0 spiro atoms. The highest BCUT2D eigenvalue weighted by atomic mass is 16.4. The first-order valence-corrected chi connectivity index (χ1v) is 14.7. The van der Waals surface area contributed by atoms with Gasteiger partial charge in [-0.15, -0.1) is 0 Å². The molecule has 1 rings (SSSR count). The predicted octanol–water partition coefficient (Wildman–Crippen LogP) is -2.76. The van der Waals surface area contributed by atoms with Crippen molar-refractivity contribution >= 4 is 29.7 Å². The number of aliphatic hydroxyl groups is 2. The summed E-state index contributed by atoms with van der Waals surface area (Å²) in [5.41, 5.74) is 0. The molecule has 1 heterocycles. The number of carboxylic acids is 3. The molecule has 248 valence electrons. The van der Waals surface area contributed by atoms with E-state index >= 15 is 0 Å². The maximum atomic E-state index is 12.7. The number of hydrogen-bond donors (Lipinski definition) is 7. The van der Waals surface area contributed by atoms with E-state index in [1.54, 1.807) is 19.6 Å². The maximum Gasteiger partial charge on any atom is 0.317 e. The number of nitrogens with zero attached hydrogens (tertiary/aromatic N) is 4. The molecule has 1 aliphatic rings. The number of carboxylic acid groups (broad SMARTS) is 3. The van der Waals surface area contributed by atoms with Gasteiger partial charge in [-0.25, -0.2) is 0 Å². The van der Waals surface area contributed by atoms with Crippen LogP contribution in [-0.4, -0.2) is 179 Å². The lowest BCUT2D eigenvalue weighted by Crippen LogP contribution is -2.49. The number of rotatable bonds is 17. The minimum Gasteiger partial charge on any atom is -0.480 e. The third kappa shape index (κ3) is 19.8. The maximum absolute atomic E-state index is 12.7. The molecule has 0 aromatic heterocycles. The molecule has 0 bridgehead atoms. The number of amides is 2. The molecule has 2 atom stereocenters. The number of aliphatic carboxylic acids is 3. The van der Waals surface area contributed by atoms with E-state index in [4.69, 9.17) is 0 Å². The van der Waals surface area contributed by atoms with Gasteiger partial charge < -0.3 is 36.2 Å². The van der Waals surface area contributed by atoms with Gasteiger partial charge in [0.05, 0.1) is 44.8 Å². The van der Waals surface area contributed by atoms with Gasteiger partial charge in [0.2, 0.25) is 11.8 Å². The lowest BCUT2D eigenvalue weighted by atomic mass is 10.1. The second kappa shape index (κ2) is 20.9. The van der Waals surface area contributed by atoms with Gasteiger partial charge in [0.1, 0.15) is 0 Å². The van der Waals surface area contributed by atoms with Crippen molar-refractivity contribution in [3.8, 4) is 0 Å². The second-order valence-corrected chi connectivity index (χ2v) is 11.4. The molecule has 1 fully saturated rings. The molecule has 0 aliphatic carbocycles. The molecule has 43 heavy (non-hydrogen) atoms. The SMILES string of the molecule is CC(C)CNC(=O)CC(O)CC(O)CCNC(=O)CN1CCN(CC(=O)O)CCN(CC(=O)O)CCN(CC(=O)O)CC1. The largest absolute Gasteiger partial charge is 0.480 e. The van der Waals surface area contributed by atoms with Gasteiger partial charge >= 0.3 is 17.9 Å². The van der Waals surface area contributed by atoms with Gasteiger partial charge in [-0.3, -0.25) is 43.6 Å². The monoisotopic (exact) mass is 618 g/mol. The number of carbonyl (C=O) groups excluding carboxylic acids is 2. The van der Waals surface area contributed by atoms with E-state index < -0.39 is 30.1 Å². The first-order chi connectivity index (χ1) is 20.2. The average molecular weight is 619 g/mol. The Morgan fingerprint density at radius 1 is 0.605 bits per heavy atom. The summed E-state index contributed by atoms with van der Waals surface area (Å²) in [5.74, 6) is -3.46. The summed E-state index contributed by atoms with van der Waals surface area (Å²) >= 11 is 0. The highest BCUT2D eigenvalue weighted by Crippen LogP contribution is 2.06. The Morgan fingerprint density at radius 3 is 1.37 bits per heavy atom. The summed E-state index contributed by atoms with van der Waals surface area (Å²) in [7, 11) is 0. The Hall–Kier alpha value is -2.89. The van der Waals surface area contributed by atoms with E-state index in [0.29, 0.717) is 32.7 Å². The lowest BCUT2D eigenvalue weighted by Gasteiger charge is -2.32. The van der Waals surface area contributed by atoms with E-state index in [2.05, 4.69) is 10.6 Å². The van der Waals surface area contributed by atoms with Crippen molar-refractivity contribution in [3.05, 3.63) is 0 Å². The van der Waals surface area contributed by atoms with Crippen molar-refractivity contribution in [1.29, 1.82) is 0 Å². The summed E-state index contributed by atoms with van der Waals surface area (Å²) in [5, 5.41) is 53.7. The molecule has 0 aromatic rings. The molecule has 2 amide bonds. The number of aliphatic hydroxyl groups excluding tert-OH is 2. The highest BCUT2D eigenvalue weighted by molar-refractivity contribution is 5.78. The van der Waals surface area contributed by atoms with Gasteiger partial charge in [0.15, 0.2) is 0 Å². The Morgan fingerprint density at radius 2 is 1.00 bits per heavy atom. The fraction of sp³-hybridized carbons (Fsp3) is 0.815. The van der Waals surface area contributed by atoms with Crippen LogP contribution >= 0.6 is 0 Å². The van der Waals surface area contributed by atoms with Crippen LogP contribution in [0.3, 0.4) is 0 Å². The van der Waals surface area contributed by atoms with Crippen molar-refractivity contribution in [3.63, 3.8) is 0 Å².